The zero-order valence-corrected chi connectivity index (χ0v) is 14.3. The van der Waals surface area contributed by atoms with Crippen molar-refractivity contribution in [2.45, 2.75) is 33.1 Å². The average molecular weight is 386 g/mol. The first-order valence-electron chi connectivity index (χ1n) is 7.19. The first-order valence-corrected chi connectivity index (χ1v) is 8.27. The van der Waals surface area contributed by atoms with Crippen molar-refractivity contribution in [2.75, 3.05) is 19.7 Å². The molecule has 1 fully saturated rings. The quantitative estimate of drug-likeness (QED) is 0.315. The highest BCUT2D eigenvalue weighted by Gasteiger charge is 2.22. The molecule has 0 aromatic carbocycles. The van der Waals surface area contributed by atoms with Crippen LogP contribution in [0.15, 0.2) is 33.0 Å². The molecule has 0 aromatic rings. The van der Waals surface area contributed by atoms with Crippen molar-refractivity contribution < 1.29 is 14.1 Å². The van der Waals surface area contributed by atoms with Crippen LogP contribution in [0.3, 0.4) is 0 Å². The molecular formula is C16H21INO2+. The SMILES string of the molecule is CCOC(=O)C(C)=C1C=CC(=[N+]2CCCCC2)C(I)=C1. The van der Waals surface area contributed by atoms with Gasteiger partial charge in [-0.15, -0.1) is 0 Å². The molecule has 3 nitrogen and oxygen atoms in total. The summed E-state index contributed by atoms with van der Waals surface area (Å²) in [7, 11) is 0. The van der Waals surface area contributed by atoms with Crippen LogP contribution in [0.1, 0.15) is 33.1 Å². The molecule has 0 radical (unpaired) electrons. The molecular weight excluding hydrogens is 365 g/mol. The van der Waals surface area contributed by atoms with Gasteiger partial charge in [0.1, 0.15) is 13.1 Å². The number of nitrogens with zero attached hydrogens (tertiary/aromatic N) is 1. The fourth-order valence-electron chi connectivity index (χ4n) is 2.49. The van der Waals surface area contributed by atoms with Gasteiger partial charge in [0.25, 0.3) is 0 Å². The first kappa shape index (κ1) is 15.5. The lowest BCUT2D eigenvalue weighted by Gasteiger charge is -2.15. The Kier molecular flexibility index (Phi) is 5.57. The monoisotopic (exact) mass is 386 g/mol. The molecule has 1 heterocycles. The molecule has 0 bridgehead atoms. The summed E-state index contributed by atoms with van der Waals surface area (Å²) >= 11 is 2.36. The van der Waals surface area contributed by atoms with Crippen molar-refractivity contribution in [1.29, 1.82) is 0 Å². The number of rotatable bonds is 2. The number of allylic oxidation sites excluding steroid dienone is 5. The van der Waals surface area contributed by atoms with Gasteiger partial charge in [-0.25, -0.2) is 9.37 Å². The molecule has 0 atom stereocenters. The van der Waals surface area contributed by atoms with E-state index in [0.717, 1.165) is 18.7 Å². The Bertz CT molecular complexity index is 519. The molecule has 108 valence electrons. The molecule has 0 saturated carbocycles. The summed E-state index contributed by atoms with van der Waals surface area (Å²) in [6.45, 7) is 6.34. The second-order valence-corrected chi connectivity index (χ2v) is 6.22. The molecule has 2 rings (SSSR count). The van der Waals surface area contributed by atoms with Crippen molar-refractivity contribution in [1.82, 2.24) is 0 Å². The molecule has 1 aliphatic heterocycles. The van der Waals surface area contributed by atoms with Crippen LogP contribution < -0.4 is 0 Å². The summed E-state index contributed by atoms with van der Waals surface area (Å²) in [5.74, 6) is -0.228. The summed E-state index contributed by atoms with van der Waals surface area (Å²) in [4.78, 5) is 11.8. The van der Waals surface area contributed by atoms with Crippen molar-refractivity contribution in [3.8, 4) is 0 Å². The van der Waals surface area contributed by atoms with E-state index in [-0.39, 0.29) is 5.97 Å². The molecule has 1 aliphatic carbocycles. The number of halogens is 1. The molecule has 4 heteroatoms. The van der Waals surface area contributed by atoms with Gasteiger partial charge in [0, 0.05) is 24.5 Å². The van der Waals surface area contributed by atoms with E-state index in [1.165, 1.54) is 28.6 Å². The van der Waals surface area contributed by atoms with Gasteiger partial charge in [-0.3, -0.25) is 0 Å². The van der Waals surface area contributed by atoms with E-state index in [2.05, 4.69) is 39.3 Å². The van der Waals surface area contributed by atoms with Crippen molar-refractivity contribution in [3.63, 3.8) is 0 Å². The minimum atomic E-state index is -0.228. The molecule has 0 aromatic heterocycles. The van der Waals surface area contributed by atoms with E-state index < -0.39 is 0 Å². The maximum absolute atomic E-state index is 11.8. The fourth-order valence-corrected chi connectivity index (χ4v) is 3.35. The Morgan fingerprint density at radius 2 is 2.00 bits per heavy atom. The van der Waals surface area contributed by atoms with E-state index in [4.69, 9.17) is 4.74 Å². The third kappa shape index (κ3) is 3.59. The Morgan fingerprint density at radius 3 is 2.60 bits per heavy atom. The molecule has 0 amide bonds. The number of carbonyl (C=O) groups is 1. The standard InChI is InChI=1S/C16H21INO2/c1-3-20-16(19)12(2)13-7-8-15(14(17)11-13)18-9-5-4-6-10-18/h7-8,11H,3-6,9-10H2,1-2H3/q+1. The number of hydrogen-bond donors (Lipinski definition) is 0. The van der Waals surface area contributed by atoms with Crippen molar-refractivity contribution >= 4 is 34.3 Å². The highest BCUT2D eigenvalue weighted by molar-refractivity contribution is 14.1. The van der Waals surface area contributed by atoms with Crippen molar-refractivity contribution in [3.05, 3.63) is 33.0 Å². The van der Waals surface area contributed by atoms with E-state index in [0.29, 0.717) is 12.2 Å². The summed E-state index contributed by atoms with van der Waals surface area (Å²) in [6, 6.07) is 0. The summed E-state index contributed by atoms with van der Waals surface area (Å²) in [6.07, 6.45) is 10.1. The summed E-state index contributed by atoms with van der Waals surface area (Å²) < 4.78 is 8.69. The van der Waals surface area contributed by atoms with E-state index in [9.17, 15) is 4.79 Å². The molecule has 0 spiro atoms. The number of piperidine rings is 1. The number of esters is 1. The van der Waals surface area contributed by atoms with Gasteiger partial charge in [0.2, 0.25) is 5.71 Å². The Labute approximate surface area is 134 Å². The first-order chi connectivity index (χ1) is 9.63. The van der Waals surface area contributed by atoms with Crippen LogP contribution in [0, 0.1) is 0 Å². The highest BCUT2D eigenvalue weighted by Crippen LogP contribution is 2.23. The lowest BCUT2D eigenvalue weighted by Crippen LogP contribution is -2.27. The maximum Gasteiger partial charge on any atom is 0.334 e. The van der Waals surface area contributed by atoms with Gasteiger partial charge in [0.05, 0.1) is 10.2 Å². The third-order valence-corrected chi connectivity index (χ3v) is 4.52. The molecule has 0 unspecified atom stereocenters. The van der Waals surface area contributed by atoms with Crippen LogP contribution in [0.4, 0.5) is 0 Å². The normalized spacial score (nSPS) is 21.6. The van der Waals surface area contributed by atoms with Gasteiger partial charge in [0.15, 0.2) is 0 Å². The van der Waals surface area contributed by atoms with Crippen LogP contribution in [-0.2, 0) is 9.53 Å². The van der Waals surface area contributed by atoms with Gasteiger partial charge >= 0.3 is 5.97 Å². The zero-order chi connectivity index (χ0) is 14.5. The predicted octanol–water partition coefficient (Wildman–Crippen LogP) is 3.39. The van der Waals surface area contributed by atoms with E-state index in [1.54, 1.807) is 0 Å². The van der Waals surface area contributed by atoms with Crippen LogP contribution in [0.25, 0.3) is 0 Å². The Morgan fingerprint density at radius 1 is 1.30 bits per heavy atom. The second-order valence-electron chi connectivity index (χ2n) is 5.06. The number of hydrogen-bond acceptors (Lipinski definition) is 2. The Balaban J connectivity index is 2.25. The average Bonchev–Trinajstić information content (AvgIpc) is 2.47. The molecule has 1 saturated heterocycles. The van der Waals surface area contributed by atoms with Gasteiger partial charge in [-0.1, -0.05) is 0 Å². The topological polar surface area (TPSA) is 29.3 Å². The number of carbonyl (C=O) groups excluding carboxylic acids is 1. The summed E-state index contributed by atoms with van der Waals surface area (Å²) in [5.41, 5.74) is 2.91. The van der Waals surface area contributed by atoms with Crippen LogP contribution >= 0.6 is 22.6 Å². The van der Waals surface area contributed by atoms with Crippen LogP contribution in [-0.4, -0.2) is 36.0 Å². The Hall–Kier alpha value is -0.910. The second kappa shape index (κ2) is 7.20. The number of ether oxygens (including phenoxy) is 1. The van der Waals surface area contributed by atoms with E-state index >= 15 is 0 Å². The minimum Gasteiger partial charge on any atom is -0.463 e. The zero-order valence-electron chi connectivity index (χ0n) is 12.1. The largest absolute Gasteiger partial charge is 0.463 e. The van der Waals surface area contributed by atoms with Crippen LogP contribution in [0.2, 0.25) is 0 Å². The van der Waals surface area contributed by atoms with Gasteiger partial charge in [-0.05, 0) is 60.6 Å². The van der Waals surface area contributed by atoms with Gasteiger partial charge in [-0.2, -0.15) is 0 Å². The highest BCUT2D eigenvalue weighted by atomic mass is 127. The predicted molar refractivity (Wildman–Crippen MR) is 89.4 cm³/mol. The fraction of sp³-hybridized carbons (Fsp3) is 0.500. The molecule has 20 heavy (non-hydrogen) atoms. The lowest BCUT2D eigenvalue weighted by atomic mass is 10.0. The summed E-state index contributed by atoms with van der Waals surface area (Å²) in [5, 5.41) is 0. The molecule has 2 aliphatic rings. The van der Waals surface area contributed by atoms with Crippen molar-refractivity contribution in [2.24, 2.45) is 0 Å². The maximum atomic E-state index is 11.8. The van der Waals surface area contributed by atoms with Gasteiger partial charge < -0.3 is 4.74 Å². The third-order valence-electron chi connectivity index (χ3n) is 3.66. The van der Waals surface area contributed by atoms with E-state index in [1.807, 2.05) is 19.9 Å². The lowest BCUT2D eigenvalue weighted by molar-refractivity contribution is -0.536. The minimum absolute atomic E-state index is 0.228. The van der Waals surface area contributed by atoms with Crippen LogP contribution in [0.5, 0.6) is 0 Å². The molecule has 0 N–H and O–H groups in total. The smallest absolute Gasteiger partial charge is 0.334 e.